The maximum Gasteiger partial charge on any atom is 0.317 e. The Bertz CT molecular complexity index is 901. The summed E-state index contributed by atoms with van der Waals surface area (Å²) in [5, 5.41) is 7.14. The molecule has 0 aliphatic rings. The van der Waals surface area contributed by atoms with Gasteiger partial charge in [0.05, 0.1) is 11.7 Å². The molecule has 3 aromatic rings. The fraction of sp³-hybridized carbons (Fsp3) is 0.348. The fourth-order valence-corrected chi connectivity index (χ4v) is 3.15. The van der Waals surface area contributed by atoms with Gasteiger partial charge in [-0.2, -0.15) is 5.10 Å². The Labute approximate surface area is 172 Å². The molecule has 6 heteroatoms. The molecular formula is C23H29N5O. The zero-order valence-corrected chi connectivity index (χ0v) is 17.5. The highest BCUT2D eigenvalue weighted by molar-refractivity contribution is 5.74. The molecule has 0 saturated heterocycles. The number of aromatic nitrogens is 3. The van der Waals surface area contributed by atoms with Gasteiger partial charge in [0.2, 0.25) is 0 Å². The molecule has 2 amide bonds. The van der Waals surface area contributed by atoms with Crippen molar-refractivity contribution in [2.75, 3.05) is 13.6 Å². The number of hydrogen-bond acceptors (Lipinski definition) is 3. The summed E-state index contributed by atoms with van der Waals surface area (Å²) in [6, 6.07) is 16.5. The number of hydrogen-bond donors (Lipinski definition) is 1. The normalized spacial score (nSPS) is 12.0. The molecule has 1 aromatic heterocycles. The first kappa shape index (κ1) is 20.6. The van der Waals surface area contributed by atoms with Gasteiger partial charge in [-0.3, -0.25) is 0 Å². The molecule has 0 saturated carbocycles. The molecule has 1 atom stereocenters. The highest BCUT2D eigenvalue weighted by atomic mass is 16.2. The van der Waals surface area contributed by atoms with Crippen molar-refractivity contribution in [1.29, 1.82) is 0 Å². The van der Waals surface area contributed by atoms with Crippen LogP contribution in [0.4, 0.5) is 4.79 Å². The molecule has 0 spiro atoms. The van der Waals surface area contributed by atoms with E-state index in [1.807, 2.05) is 38.2 Å². The Hall–Kier alpha value is -3.15. The number of carbonyl (C=O) groups is 1. The van der Waals surface area contributed by atoms with Crippen molar-refractivity contribution < 1.29 is 4.79 Å². The van der Waals surface area contributed by atoms with Crippen LogP contribution in [0.5, 0.6) is 0 Å². The molecule has 0 bridgehead atoms. The number of benzene rings is 2. The number of urea groups is 1. The summed E-state index contributed by atoms with van der Waals surface area (Å²) in [5.74, 6) is 0.532. The van der Waals surface area contributed by atoms with Crippen LogP contribution < -0.4 is 5.32 Å². The van der Waals surface area contributed by atoms with Crippen LogP contribution in [0.2, 0.25) is 0 Å². The van der Waals surface area contributed by atoms with E-state index in [2.05, 4.69) is 53.5 Å². The van der Waals surface area contributed by atoms with E-state index in [4.69, 9.17) is 0 Å². The van der Waals surface area contributed by atoms with Gasteiger partial charge in [-0.25, -0.2) is 14.5 Å². The summed E-state index contributed by atoms with van der Waals surface area (Å²) in [6.45, 7) is 7.01. The summed E-state index contributed by atoms with van der Waals surface area (Å²) >= 11 is 0. The number of nitrogens with one attached hydrogen (secondary N) is 1. The second-order valence-electron chi connectivity index (χ2n) is 7.60. The van der Waals surface area contributed by atoms with Gasteiger partial charge in [-0.1, -0.05) is 50.2 Å². The lowest BCUT2D eigenvalue weighted by atomic mass is 10.0. The van der Waals surface area contributed by atoms with Crippen LogP contribution in [-0.2, 0) is 6.42 Å². The van der Waals surface area contributed by atoms with Gasteiger partial charge in [0.1, 0.15) is 12.7 Å². The minimum atomic E-state index is -0.0725. The minimum absolute atomic E-state index is 0.0369. The first-order valence-corrected chi connectivity index (χ1v) is 10.00. The van der Waals surface area contributed by atoms with Gasteiger partial charge in [-0.05, 0) is 48.1 Å². The lowest BCUT2D eigenvalue weighted by Crippen LogP contribution is -2.39. The topological polar surface area (TPSA) is 63.1 Å². The molecule has 0 radical (unpaired) electrons. The smallest absolute Gasteiger partial charge is 0.317 e. The minimum Gasteiger partial charge on any atom is -0.338 e. The van der Waals surface area contributed by atoms with Gasteiger partial charge >= 0.3 is 6.03 Å². The second kappa shape index (κ2) is 9.37. The highest BCUT2D eigenvalue weighted by Gasteiger charge is 2.17. The SMILES string of the molecule is CC(C)c1ccc(CCNC(=O)N(C)[C@@H](C)c2ccc(-n3cncn3)cc2)cc1. The van der Waals surface area contributed by atoms with Crippen molar-refractivity contribution in [3.63, 3.8) is 0 Å². The van der Waals surface area contributed by atoms with Gasteiger partial charge in [0.15, 0.2) is 0 Å². The first-order chi connectivity index (χ1) is 14.0. The Balaban J connectivity index is 1.51. The third kappa shape index (κ3) is 5.22. The monoisotopic (exact) mass is 391 g/mol. The number of rotatable bonds is 7. The van der Waals surface area contributed by atoms with E-state index in [-0.39, 0.29) is 12.1 Å². The molecule has 29 heavy (non-hydrogen) atoms. The van der Waals surface area contributed by atoms with Crippen LogP contribution in [0, 0.1) is 0 Å². The maximum atomic E-state index is 12.5. The third-order valence-corrected chi connectivity index (χ3v) is 5.30. The van der Waals surface area contributed by atoms with E-state index in [0.717, 1.165) is 17.7 Å². The van der Waals surface area contributed by atoms with Crippen molar-refractivity contribution in [3.8, 4) is 5.69 Å². The Morgan fingerprint density at radius 3 is 2.28 bits per heavy atom. The lowest BCUT2D eigenvalue weighted by Gasteiger charge is -2.25. The molecule has 0 aliphatic heterocycles. The maximum absolute atomic E-state index is 12.5. The van der Waals surface area contributed by atoms with Gasteiger partial charge in [0.25, 0.3) is 0 Å². The van der Waals surface area contributed by atoms with E-state index in [1.54, 1.807) is 15.9 Å². The van der Waals surface area contributed by atoms with E-state index >= 15 is 0 Å². The Kier molecular flexibility index (Phi) is 6.65. The van der Waals surface area contributed by atoms with Crippen LogP contribution in [0.25, 0.3) is 5.69 Å². The predicted molar refractivity (Wildman–Crippen MR) is 115 cm³/mol. The van der Waals surface area contributed by atoms with Crippen LogP contribution in [0.3, 0.4) is 0 Å². The third-order valence-electron chi connectivity index (χ3n) is 5.30. The number of carbonyl (C=O) groups excluding carboxylic acids is 1. The van der Waals surface area contributed by atoms with E-state index in [1.165, 1.54) is 17.5 Å². The number of amides is 2. The Morgan fingerprint density at radius 2 is 1.69 bits per heavy atom. The zero-order chi connectivity index (χ0) is 20.8. The van der Waals surface area contributed by atoms with E-state index < -0.39 is 0 Å². The second-order valence-corrected chi connectivity index (χ2v) is 7.60. The van der Waals surface area contributed by atoms with Crippen LogP contribution in [0.1, 0.15) is 49.4 Å². The molecule has 0 aliphatic carbocycles. The predicted octanol–water partition coefficient (Wildman–Crippen LogP) is 4.34. The van der Waals surface area contributed by atoms with Gasteiger partial charge in [0, 0.05) is 13.6 Å². The summed E-state index contributed by atoms with van der Waals surface area (Å²) in [4.78, 5) is 18.2. The average Bonchev–Trinajstić information content (AvgIpc) is 3.28. The van der Waals surface area contributed by atoms with Crippen LogP contribution >= 0.6 is 0 Å². The Morgan fingerprint density at radius 1 is 1.03 bits per heavy atom. The van der Waals surface area contributed by atoms with E-state index in [0.29, 0.717) is 12.5 Å². The zero-order valence-electron chi connectivity index (χ0n) is 17.5. The molecule has 1 N–H and O–H groups in total. The average molecular weight is 392 g/mol. The summed E-state index contributed by atoms with van der Waals surface area (Å²) in [5.41, 5.74) is 4.57. The number of nitrogens with zero attached hydrogens (tertiary/aromatic N) is 4. The molecule has 3 rings (SSSR count). The summed E-state index contributed by atoms with van der Waals surface area (Å²) in [6.07, 6.45) is 3.99. The van der Waals surface area contributed by atoms with Crippen molar-refractivity contribution in [3.05, 3.63) is 77.9 Å². The van der Waals surface area contributed by atoms with Gasteiger partial charge < -0.3 is 10.2 Å². The lowest BCUT2D eigenvalue weighted by molar-refractivity contribution is 0.194. The van der Waals surface area contributed by atoms with Crippen molar-refractivity contribution in [2.24, 2.45) is 0 Å². The van der Waals surface area contributed by atoms with Crippen LogP contribution in [-0.4, -0.2) is 39.3 Å². The van der Waals surface area contributed by atoms with Crippen molar-refractivity contribution in [2.45, 2.75) is 39.2 Å². The molecule has 6 nitrogen and oxygen atoms in total. The largest absolute Gasteiger partial charge is 0.338 e. The molecule has 0 unspecified atom stereocenters. The molecule has 1 heterocycles. The molecular weight excluding hydrogens is 362 g/mol. The highest BCUT2D eigenvalue weighted by Crippen LogP contribution is 2.20. The van der Waals surface area contributed by atoms with Crippen molar-refractivity contribution >= 4 is 6.03 Å². The quantitative estimate of drug-likeness (QED) is 0.652. The molecule has 2 aromatic carbocycles. The fourth-order valence-electron chi connectivity index (χ4n) is 3.15. The summed E-state index contributed by atoms with van der Waals surface area (Å²) in [7, 11) is 1.82. The van der Waals surface area contributed by atoms with E-state index in [9.17, 15) is 4.79 Å². The first-order valence-electron chi connectivity index (χ1n) is 10.00. The summed E-state index contributed by atoms with van der Waals surface area (Å²) < 4.78 is 1.71. The van der Waals surface area contributed by atoms with Crippen molar-refractivity contribution in [1.82, 2.24) is 25.0 Å². The standard InChI is InChI=1S/C23H29N5O/c1-17(2)20-7-5-19(6-8-20)13-14-25-23(29)27(4)18(3)21-9-11-22(12-10-21)28-16-24-15-26-28/h5-12,15-18H,13-14H2,1-4H3,(H,25,29)/t18-/m0/s1. The molecule has 152 valence electrons. The molecule has 0 fully saturated rings. The van der Waals surface area contributed by atoms with Gasteiger partial charge in [-0.15, -0.1) is 0 Å². The van der Waals surface area contributed by atoms with Crippen LogP contribution in [0.15, 0.2) is 61.2 Å².